The minimum absolute atomic E-state index is 0.238. The van der Waals surface area contributed by atoms with Gasteiger partial charge in [0.2, 0.25) is 5.89 Å². The molecule has 0 saturated heterocycles. The van der Waals surface area contributed by atoms with Crippen molar-refractivity contribution in [1.29, 1.82) is 0 Å². The van der Waals surface area contributed by atoms with Gasteiger partial charge in [-0.25, -0.2) is 19.3 Å². The molecule has 2 heterocycles. The Morgan fingerprint density at radius 3 is 2.56 bits per heavy atom. The van der Waals surface area contributed by atoms with E-state index in [1.54, 1.807) is 54.4 Å². The number of aryl methyl sites for hydroxylation is 1. The molecule has 2 aromatic carbocycles. The number of nitrogens with zero attached hydrogens (tertiary/aromatic N) is 3. The molecule has 9 nitrogen and oxygen atoms in total. The molecule has 0 atom stereocenters. The number of esters is 1. The van der Waals surface area contributed by atoms with Gasteiger partial charge in [0.25, 0.3) is 0 Å². The van der Waals surface area contributed by atoms with Crippen molar-refractivity contribution in [2.24, 2.45) is 0 Å². The number of urea groups is 1. The highest BCUT2D eigenvalue weighted by Crippen LogP contribution is 2.19. The fourth-order valence-electron chi connectivity index (χ4n) is 3.21. The molecule has 0 spiro atoms. The monoisotopic (exact) mass is 459 g/mol. The first-order valence-electron chi connectivity index (χ1n) is 10.9. The summed E-state index contributed by atoms with van der Waals surface area (Å²) < 4.78 is 12.1. The Labute approximate surface area is 196 Å². The molecule has 0 saturated carbocycles. The Kier molecular flexibility index (Phi) is 7.02. The minimum atomic E-state index is -0.465. The summed E-state index contributed by atoms with van der Waals surface area (Å²) in [6.07, 6.45) is 3.83. The fourth-order valence-corrected chi connectivity index (χ4v) is 3.21. The number of carbonyl (C=O) groups excluding carboxylic acids is 2. The number of anilines is 1. The minimum Gasteiger partial charge on any atom is -0.461 e. The summed E-state index contributed by atoms with van der Waals surface area (Å²) >= 11 is 0. The first-order valence-corrected chi connectivity index (χ1v) is 10.9. The van der Waals surface area contributed by atoms with Gasteiger partial charge in [-0.15, -0.1) is 0 Å². The number of rotatable bonds is 8. The van der Waals surface area contributed by atoms with Gasteiger partial charge in [-0.3, -0.25) is 0 Å². The molecule has 0 radical (unpaired) electrons. The van der Waals surface area contributed by atoms with Gasteiger partial charge in [-0.05, 0) is 56.3 Å². The third-order valence-corrected chi connectivity index (χ3v) is 4.98. The molecule has 0 aliphatic carbocycles. The SMILES string of the molecule is CCOC(=O)c1ccn(-c2ccc(NC(=O)NCCc3coc(-c4ccc(C)cc4)n3)cc2)n1. The molecular formula is C25H25N5O4. The third-order valence-electron chi connectivity index (χ3n) is 4.98. The average Bonchev–Trinajstić information content (AvgIpc) is 3.51. The first-order chi connectivity index (χ1) is 16.5. The van der Waals surface area contributed by atoms with Gasteiger partial charge in [-0.2, -0.15) is 5.10 Å². The molecule has 4 rings (SSSR count). The highest BCUT2D eigenvalue weighted by Gasteiger charge is 2.11. The molecule has 174 valence electrons. The largest absolute Gasteiger partial charge is 0.461 e. The zero-order valence-electron chi connectivity index (χ0n) is 18.9. The standard InChI is InChI=1S/C25H25N5O4/c1-3-33-24(31)22-13-15-30(29-22)21-10-8-19(9-11-21)28-25(32)26-14-12-20-16-34-23(27-20)18-6-4-17(2)5-7-18/h4-11,13,15-16H,3,12,14H2,1-2H3,(H2,26,28,32). The lowest BCUT2D eigenvalue weighted by Crippen LogP contribution is -2.30. The van der Waals surface area contributed by atoms with Gasteiger partial charge in [0.1, 0.15) is 6.26 Å². The smallest absolute Gasteiger partial charge is 0.358 e. The predicted octanol–water partition coefficient (Wildman–Crippen LogP) is 4.38. The van der Waals surface area contributed by atoms with Crippen LogP contribution in [0.1, 0.15) is 28.7 Å². The molecule has 0 aliphatic rings. The molecule has 9 heteroatoms. The maximum absolute atomic E-state index is 12.2. The molecule has 2 amide bonds. The first kappa shape index (κ1) is 22.8. The molecule has 0 fully saturated rings. The summed E-state index contributed by atoms with van der Waals surface area (Å²) in [4.78, 5) is 28.5. The van der Waals surface area contributed by atoms with Crippen LogP contribution in [0.5, 0.6) is 0 Å². The number of benzene rings is 2. The average molecular weight is 460 g/mol. The van der Waals surface area contributed by atoms with E-state index in [4.69, 9.17) is 9.15 Å². The molecular weight excluding hydrogens is 434 g/mol. The van der Waals surface area contributed by atoms with Crippen molar-refractivity contribution >= 4 is 17.7 Å². The molecule has 2 N–H and O–H groups in total. The van der Waals surface area contributed by atoms with Gasteiger partial charge in [0, 0.05) is 30.4 Å². The van der Waals surface area contributed by atoms with Crippen LogP contribution in [0.4, 0.5) is 10.5 Å². The lowest BCUT2D eigenvalue weighted by Gasteiger charge is -2.08. The van der Waals surface area contributed by atoms with Crippen molar-refractivity contribution < 1.29 is 18.7 Å². The molecule has 0 unspecified atom stereocenters. The Bertz CT molecular complexity index is 1260. The van der Waals surface area contributed by atoms with Crippen LogP contribution in [0.3, 0.4) is 0 Å². The van der Waals surface area contributed by atoms with E-state index in [9.17, 15) is 9.59 Å². The Morgan fingerprint density at radius 2 is 1.82 bits per heavy atom. The topological polar surface area (TPSA) is 111 Å². The second-order valence-corrected chi connectivity index (χ2v) is 7.55. The van der Waals surface area contributed by atoms with Crippen LogP contribution >= 0.6 is 0 Å². The van der Waals surface area contributed by atoms with Crippen LogP contribution in [0.25, 0.3) is 17.1 Å². The van der Waals surface area contributed by atoms with Gasteiger partial charge in [0.05, 0.1) is 18.0 Å². The normalized spacial score (nSPS) is 10.6. The number of nitrogens with one attached hydrogen (secondary N) is 2. The summed E-state index contributed by atoms with van der Waals surface area (Å²) in [5, 5.41) is 9.81. The van der Waals surface area contributed by atoms with Crippen molar-refractivity contribution in [2.45, 2.75) is 20.3 Å². The van der Waals surface area contributed by atoms with E-state index in [2.05, 4.69) is 20.7 Å². The molecule has 2 aromatic heterocycles. The second-order valence-electron chi connectivity index (χ2n) is 7.55. The fraction of sp³-hybridized carbons (Fsp3) is 0.200. The summed E-state index contributed by atoms with van der Waals surface area (Å²) in [6, 6.07) is 16.3. The number of carbonyl (C=O) groups is 2. The van der Waals surface area contributed by atoms with E-state index < -0.39 is 5.97 Å². The molecule has 0 aliphatic heterocycles. The number of aromatic nitrogens is 3. The van der Waals surface area contributed by atoms with E-state index >= 15 is 0 Å². The number of hydrogen-bond donors (Lipinski definition) is 2. The highest BCUT2D eigenvalue weighted by molar-refractivity contribution is 5.89. The predicted molar refractivity (Wildman–Crippen MR) is 127 cm³/mol. The number of oxazole rings is 1. The Hall–Kier alpha value is -4.40. The van der Waals surface area contributed by atoms with Crippen molar-refractivity contribution in [3.8, 4) is 17.1 Å². The van der Waals surface area contributed by atoms with Crippen molar-refractivity contribution in [2.75, 3.05) is 18.5 Å². The molecule has 34 heavy (non-hydrogen) atoms. The van der Waals surface area contributed by atoms with Crippen LogP contribution in [0.15, 0.2) is 71.5 Å². The highest BCUT2D eigenvalue weighted by atomic mass is 16.5. The van der Waals surface area contributed by atoms with Crippen LogP contribution in [0.2, 0.25) is 0 Å². The summed E-state index contributed by atoms with van der Waals surface area (Å²) in [5.41, 5.74) is 4.46. The van der Waals surface area contributed by atoms with Crippen LogP contribution < -0.4 is 10.6 Å². The number of hydrogen-bond acceptors (Lipinski definition) is 6. The van der Waals surface area contributed by atoms with E-state index in [0.29, 0.717) is 31.2 Å². The Morgan fingerprint density at radius 1 is 1.06 bits per heavy atom. The lowest BCUT2D eigenvalue weighted by molar-refractivity contribution is 0.0519. The maximum atomic E-state index is 12.2. The van der Waals surface area contributed by atoms with Crippen LogP contribution in [0, 0.1) is 6.92 Å². The van der Waals surface area contributed by atoms with E-state index in [1.165, 1.54) is 5.56 Å². The van der Waals surface area contributed by atoms with Gasteiger partial charge < -0.3 is 19.8 Å². The lowest BCUT2D eigenvalue weighted by atomic mass is 10.1. The van der Waals surface area contributed by atoms with E-state index in [1.807, 2.05) is 31.2 Å². The van der Waals surface area contributed by atoms with Crippen molar-refractivity contribution in [3.63, 3.8) is 0 Å². The van der Waals surface area contributed by atoms with E-state index in [-0.39, 0.29) is 11.7 Å². The quantitative estimate of drug-likeness (QED) is 0.378. The summed E-state index contributed by atoms with van der Waals surface area (Å²) in [5.74, 6) is 0.0966. The van der Waals surface area contributed by atoms with Crippen LogP contribution in [-0.2, 0) is 11.2 Å². The number of amides is 2. The van der Waals surface area contributed by atoms with E-state index in [0.717, 1.165) is 16.9 Å². The molecule has 0 bridgehead atoms. The van der Waals surface area contributed by atoms with Gasteiger partial charge >= 0.3 is 12.0 Å². The maximum Gasteiger partial charge on any atom is 0.358 e. The number of ether oxygens (including phenoxy) is 1. The van der Waals surface area contributed by atoms with Crippen LogP contribution in [-0.4, -0.2) is 39.9 Å². The summed E-state index contributed by atoms with van der Waals surface area (Å²) in [6.45, 7) is 4.47. The van der Waals surface area contributed by atoms with Gasteiger partial charge in [-0.1, -0.05) is 17.7 Å². The Balaban J connectivity index is 1.25. The van der Waals surface area contributed by atoms with Crippen molar-refractivity contribution in [1.82, 2.24) is 20.1 Å². The molecule has 4 aromatic rings. The van der Waals surface area contributed by atoms with Gasteiger partial charge in [0.15, 0.2) is 5.69 Å². The zero-order valence-corrected chi connectivity index (χ0v) is 18.9. The third kappa shape index (κ3) is 5.69. The summed E-state index contributed by atoms with van der Waals surface area (Å²) in [7, 11) is 0. The van der Waals surface area contributed by atoms with Crippen molar-refractivity contribution in [3.05, 3.63) is 84.0 Å². The zero-order chi connectivity index (χ0) is 23.9. The second kappa shape index (κ2) is 10.5.